The Bertz CT molecular complexity index is 352. The molecule has 1 aromatic carbocycles. The summed E-state index contributed by atoms with van der Waals surface area (Å²) >= 11 is 0. The van der Waals surface area contributed by atoms with Crippen LogP contribution in [0, 0.1) is 0 Å². The van der Waals surface area contributed by atoms with Gasteiger partial charge in [0, 0.05) is 5.56 Å². The molecular weight excluding hydrogens is 212 g/mol. The van der Waals surface area contributed by atoms with Crippen molar-refractivity contribution in [3.05, 3.63) is 42.5 Å². The minimum absolute atomic E-state index is 0.0560. The summed E-state index contributed by atoms with van der Waals surface area (Å²) in [6.45, 7) is 6.39. The van der Waals surface area contributed by atoms with Crippen molar-refractivity contribution < 1.29 is 9.53 Å². The van der Waals surface area contributed by atoms with E-state index in [0.29, 0.717) is 5.56 Å². The molecule has 0 radical (unpaired) electrons. The minimum atomic E-state index is -0.0560. The summed E-state index contributed by atoms with van der Waals surface area (Å²) in [4.78, 5) is 11.3. The molecule has 1 aromatic rings. The molecule has 0 saturated heterocycles. The van der Waals surface area contributed by atoms with E-state index in [-0.39, 0.29) is 5.78 Å². The quantitative estimate of drug-likeness (QED) is 0.384. The first-order valence-electron chi connectivity index (χ1n) is 6.17. The SMILES string of the molecule is C=CC(=O)c1ccc(OCCCCCC)cc1. The van der Waals surface area contributed by atoms with Gasteiger partial charge in [-0.15, -0.1) is 0 Å². The number of hydrogen-bond donors (Lipinski definition) is 0. The number of carbonyl (C=O) groups is 1. The lowest BCUT2D eigenvalue weighted by molar-refractivity contribution is 0.104. The average molecular weight is 232 g/mol. The number of allylic oxidation sites excluding steroid dienone is 1. The Hall–Kier alpha value is -1.57. The molecule has 1 rings (SSSR count). The van der Waals surface area contributed by atoms with Gasteiger partial charge in [-0.3, -0.25) is 4.79 Å². The first-order chi connectivity index (χ1) is 8.27. The molecule has 92 valence electrons. The van der Waals surface area contributed by atoms with Crippen molar-refractivity contribution in [2.24, 2.45) is 0 Å². The molecule has 2 nitrogen and oxygen atoms in total. The van der Waals surface area contributed by atoms with Crippen LogP contribution in [0.4, 0.5) is 0 Å². The maximum Gasteiger partial charge on any atom is 0.185 e. The Labute approximate surface area is 103 Å². The second-order valence-electron chi connectivity index (χ2n) is 4.00. The Morgan fingerprint density at radius 3 is 2.53 bits per heavy atom. The van der Waals surface area contributed by atoms with Gasteiger partial charge in [-0.1, -0.05) is 32.8 Å². The maximum absolute atomic E-state index is 11.3. The van der Waals surface area contributed by atoms with E-state index < -0.39 is 0 Å². The Kier molecular flexibility index (Phi) is 6.08. The van der Waals surface area contributed by atoms with Crippen LogP contribution in [0.3, 0.4) is 0 Å². The highest BCUT2D eigenvalue weighted by Crippen LogP contribution is 2.13. The Balaban J connectivity index is 2.35. The Morgan fingerprint density at radius 2 is 1.94 bits per heavy atom. The number of ether oxygens (including phenoxy) is 1. The van der Waals surface area contributed by atoms with E-state index in [0.717, 1.165) is 18.8 Å². The van der Waals surface area contributed by atoms with Gasteiger partial charge in [0.15, 0.2) is 5.78 Å². The highest BCUT2D eigenvalue weighted by atomic mass is 16.5. The Morgan fingerprint density at radius 1 is 1.24 bits per heavy atom. The summed E-state index contributed by atoms with van der Waals surface area (Å²) in [7, 11) is 0. The first-order valence-corrected chi connectivity index (χ1v) is 6.17. The molecule has 0 aliphatic rings. The summed E-state index contributed by atoms with van der Waals surface area (Å²) in [5, 5.41) is 0. The molecular formula is C15H20O2. The van der Waals surface area contributed by atoms with E-state index in [1.807, 2.05) is 12.1 Å². The molecule has 0 heterocycles. The van der Waals surface area contributed by atoms with Gasteiger partial charge < -0.3 is 4.74 Å². The van der Waals surface area contributed by atoms with Crippen LogP contribution in [0.5, 0.6) is 5.75 Å². The van der Waals surface area contributed by atoms with Crippen LogP contribution in [-0.4, -0.2) is 12.4 Å². The van der Waals surface area contributed by atoms with E-state index >= 15 is 0 Å². The van der Waals surface area contributed by atoms with Gasteiger partial charge in [-0.25, -0.2) is 0 Å². The average Bonchev–Trinajstić information content (AvgIpc) is 2.38. The van der Waals surface area contributed by atoms with Crippen molar-refractivity contribution in [3.8, 4) is 5.75 Å². The summed E-state index contributed by atoms with van der Waals surface area (Å²) in [5.74, 6) is 0.765. The molecule has 0 saturated carbocycles. The molecule has 0 aliphatic carbocycles. The molecule has 0 N–H and O–H groups in total. The van der Waals surface area contributed by atoms with Crippen LogP contribution in [0.25, 0.3) is 0 Å². The third-order valence-electron chi connectivity index (χ3n) is 2.59. The van der Waals surface area contributed by atoms with Crippen molar-refractivity contribution in [2.45, 2.75) is 32.6 Å². The van der Waals surface area contributed by atoms with E-state index in [1.165, 1.54) is 25.3 Å². The number of carbonyl (C=O) groups excluding carboxylic acids is 1. The van der Waals surface area contributed by atoms with E-state index in [2.05, 4.69) is 13.5 Å². The van der Waals surface area contributed by atoms with Crippen molar-refractivity contribution >= 4 is 5.78 Å². The molecule has 2 heteroatoms. The maximum atomic E-state index is 11.3. The third-order valence-corrected chi connectivity index (χ3v) is 2.59. The molecule has 0 spiro atoms. The van der Waals surface area contributed by atoms with Crippen LogP contribution < -0.4 is 4.74 Å². The molecule has 0 bridgehead atoms. The van der Waals surface area contributed by atoms with E-state index in [4.69, 9.17) is 4.74 Å². The molecule has 0 aromatic heterocycles. The van der Waals surface area contributed by atoms with Crippen LogP contribution in [-0.2, 0) is 0 Å². The van der Waals surface area contributed by atoms with Crippen molar-refractivity contribution in [3.63, 3.8) is 0 Å². The normalized spacial score (nSPS) is 9.94. The largest absolute Gasteiger partial charge is 0.494 e. The van der Waals surface area contributed by atoms with Gasteiger partial charge in [-0.05, 0) is 36.8 Å². The van der Waals surface area contributed by atoms with Crippen molar-refractivity contribution in [1.29, 1.82) is 0 Å². The fourth-order valence-electron chi connectivity index (χ4n) is 1.55. The zero-order chi connectivity index (χ0) is 12.5. The predicted molar refractivity (Wildman–Crippen MR) is 70.6 cm³/mol. The monoisotopic (exact) mass is 232 g/mol. The molecule has 0 atom stereocenters. The fraction of sp³-hybridized carbons (Fsp3) is 0.400. The zero-order valence-corrected chi connectivity index (χ0v) is 10.4. The molecule has 0 aliphatic heterocycles. The summed E-state index contributed by atoms with van der Waals surface area (Å²) in [5.41, 5.74) is 0.651. The van der Waals surface area contributed by atoms with Crippen molar-refractivity contribution in [1.82, 2.24) is 0 Å². The molecule has 0 fully saturated rings. The lowest BCUT2D eigenvalue weighted by atomic mass is 10.1. The molecule has 0 unspecified atom stereocenters. The van der Waals surface area contributed by atoms with Gasteiger partial charge in [0.05, 0.1) is 6.61 Å². The predicted octanol–water partition coefficient (Wildman–Crippen LogP) is 4.01. The highest BCUT2D eigenvalue weighted by Gasteiger charge is 2.00. The van der Waals surface area contributed by atoms with Gasteiger partial charge in [0.25, 0.3) is 0 Å². The van der Waals surface area contributed by atoms with Gasteiger partial charge in [-0.2, -0.15) is 0 Å². The number of ketones is 1. The lowest BCUT2D eigenvalue weighted by Crippen LogP contribution is -1.98. The first kappa shape index (κ1) is 13.5. The van der Waals surface area contributed by atoms with Gasteiger partial charge >= 0.3 is 0 Å². The zero-order valence-electron chi connectivity index (χ0n) is 10.4. The number of rotatable bonds is 8. The second kappa shape index (κ2) is 7.66. The highest BCUT2D eigenvalue weighted by molar-refractivity contribution is 6.04. The lowest BCUT2D eigenvalue weighted by Gasteiger charge is -2.06. The van der Waals surface area contributed by atoms with Crippen LogP contribution in [0.2, 0.25) is 0 Å². The summed E-state index contributed by atoms with van der Waals surface area (Å²) < 4.78 is 5.58. The van der Waals surface area contributed by atoms with Gasteiger partial charge in [0.2, 0.25) is 0 Å². The van der Waals surface area contributed by atoms with Crippen LogP contribution in [0.15, 0.2) is 36.9 Å². The smallest absolute Gasteiger partial charge is 0.185 e. The standard InChI is InChI=1S/C15H20O2/c1-3-5-6-7-12-17-14-10-8-13(9-11-14)15(16)4-2/h4,8-11H,2-3,5-7,12H2,1H3. The van der Waals surface area contributed by atoms with Gasteiger partial charge in [0.1, 0.15) is 5.75 Å². The number of hydrogen-bond acceptors (Lipinski definition) is 2. The second-order valence-corrected chi connectivity index (χ2v) is 4.00. The topological polar surface area (TPSA) is 26.3 Å². The van der Waals surface area contributed by atoms with Crippen LogP contribution in [0.1, 0.15) is 43.0 Å². The van der Waals surface area contributed by atoms with E-state index in [1.54, 1.807) is 12.1 Å². The van der Waals surface area contributed by atoms with E-state index in [9.17, 15) is 4.79 Å². The summed E-state index contributed by atoms with van der Waals surface area (Å²) in [6.07, 6.45) is 6.11. The molecule has 17 heavy (non-hydrogen) atoms. The molecule has 0 amide bonds. The van der Waals surface area contributed by atoms with Crippen LogP contribution >= 0.6 is 0 Å². The summed E-state index contributed by atoms with van der Waals surface area (Å²) in [6, 6.07) is 7.20. The fourth-order valence-corrected chi connectivity index (χ4v) is 1.55. The minimum Gasteiger partial charge on any atom is -0.494 e. The van der Waals surface area contributed by atoms with Crippen molar-refractivity contribution in [2.75, 3.05) is 6.61 Å². The third kappa shape index (κ3) is 4.85. The number of unbranched alkanes of at least 4 members (excludes halogenated alkanes) is 3. The number of benzene rings is 1.